The molecule has 3 rings (SSSR count). The van der Waals surface area contributed by atoms with Gasteiger partial charge in [-0.2, -0.15) is 0 Å². The maximum atomic E-state index is 5.76. The van der Waals surface area contributed by atoms with Gasteiger partial charge in [-0.1, -0.05) is 0 Å². The van der Waals surface area contributed by atoms with Gasteiger partial charge in [0.25, 0.3) is 0 Å². The number of aromatic nitrogens is 1. The Hall–Kier alpha value is -2.53. The van der Waals surface area contributed by atoms with Crippen molar-refractivity contribution in [2.24, 2.45) is 10.7 Å². The Balaban J connectivity index is 1.98. The summed E-state index contributed by atoms with van der Waals surface area (Å²) in [6.45, 7) is 0. The first-order valence-electron chi connectivity index (χ1n) is 6.63. The Labute approximate surface area is 132 Å². The predicted octanol–water partition coefficient (Wildman–Crippen LogP) is 3.73. The van der Waals surface area contributed by atoms with Crippen molar-refractivity contribution >= 4 is 34.2 Å². The van der Waals surface area contributed by atoms with E-state index < -0.39 is 0 Å². The van der Waals surface area contributed by atoms with Crippen LogP contribution in [0.25, 0.3) is 22.6 Å². The van der Waals surface area contributed by atoms with Gasteiger partial charge in [0, 0.05) is 5.56 Å². The molecule has 0 aliphatic carbocycles. The first-order valence-corrected chi connectivity index (χ1v) is 7.17. The van der Waals surface area contributed by atoms with Crippen LogP contribution in [-0.2, 0) is 0 Å². The molecule has 2 aromatic carbocycles. The van der Waals surface area contributed by atoms with Crippen LogP contribution in [-0.4, -0.2) is 23.8 Å². The minimum absolute atomic E-state index is 0.188. The van der Waals surface area contributed by atoms with Crippen molar-refractivity contribution in [3.8, 4) is 17.2 Å². The molecule has 0 spiro atoms. The largest absolute Gasteiger partial charge is 0.497 e. The molecule has 0 unspecified atom stereocenters. The van der Waals surface area contributed by atoms with Gasteiger partial charge in [-0.25, -0.2) is 9.98 Å². The number of nitrogens with two attached hydrogens (primary N) is 1. The molecular weight excluding hydrogens is 302 g/mol. The van der Waals surface area contributed by atoms with Crippen LogP contribution in [0, 0.1) is 0 Å². The molecule has 1 aromatic heterocycles. The minimum Gasteiger partial charge on any atom is -0.497 e. The van der Waals surface area contributed by atoms with Gasteiger partial charge in [0.05, 0.1) is 18.7 Å². The number of ether oxygens (including phenoxy) is 1. The van der Waals surface area contributed by atoms with Gasteiger partial charge < -0.3 is 14.9 Å². The van der Waals surface area contributed by atoms with Gasteiger partial charge in [-0.15, -0.1) is 11.6 Å². The molecule has 0 saturated carbocycles. The highest BCUT2D eigenvalue weighted by molar-refractivity contribution is 6.28. The van der Waals surface area contributed by atoms with E-state index in [1.807, 2.05) is 42.5 Å². The maximum absolute atomic E-state index is 5.76. The third-order valence-corrected chi connectivity index (χ3v) is 3.39. The highest BCUT2D eigenvalue weighted by atomic mass is 35.5. The summed E-state index contributed by atoms with van der Waals surface area (Å²) >= 11 is 5.63. The van der Waals surface area contributed by atoms with Crippen molar-refractivity contribution in [3.05, 3.63) is 42.5 Å². The molecule has 0 aliphatic rings. The van der Waals surface area contributed by atoms with Crippen LogP contribution in [0.15, 0.2) is 51.9 Å². The summed E-state index contributed by atoms with van der Waals surface area (Å²) in [5, 5.41) is 0. The highest BCUT2D eigenvalue weighted by Crippen LogP contribution is 2.28. The number of oxazole rings is 1. The van der Waals surface area contributed by atoms with Gasteiger partial charge >= 0.3 is 0 Å². The van der Waals surface area contributed by atoms with Gasteiger partial charge in [-0.3, -0.25) is 0 Å². The van der Waals surface area contributed by atoms with E-state index in [-0.39, 0.29) is 5.88 Å². The first-order chi connectivity index (χ1) is 10.7. The predicted molar refractivity (Wildman–Crippen MR) is 88.0 cm³/mol. The number of fused-ring (bicyclic) bond motifs is 1. The van der Waals surface area contributed by atoms with Crippen molar-refractivity contribution in [2.75, 3.05) is 13.0 Å². The summed E-state index contributed by atoms with van der Waals surface area (Å²) in [6.07, 6.45) is 0. The second kappa shape index (κ2) is 6.07. The van der Waals surface area contributed by atoms with E-state index in [9.17, 15) is 0 Å². The average molecular weight is 316 g/mol. The molecular formula is C16H14ClN3O2. The van der Waals surface area contributed by atoms with E-state index in [2.05, 4.69) is 9.98 Å². The monoisotopic (exact) mass is 315 g/mol. The highest BCUT2D eigenvalue weighted by Gasteiger charge is 2.09. The van der Waals surface area contributed by atoms with Gasteiger partial charge in [-0.05, 0) is 42.5 Å². The van der Waals surface area contributed by atoms with Crippen molar-refractivity contribution in [1.29, 1.82) is 0 Å². The lowest BCUT2D eigenvalue weighted by Gasteiger charge is -1.99. The Morgan fingerprint density at radius 3 is 2.73 bits per heavy atom. The number of hydrogen-bond acceptors (Lipinski definition) is 4. The maximum Gasteiger partial charge on any atom is 0.227 e. The van der Waals surface area contributed by atoms with Crippen LogP contribution < -0.4 is 10.5 Å². The molecule has 0 amide bonds. The summed E-state index contributed by atoms with van der Waals surface area (Å²) in [4.78, 5) is 8.68. The second-order valence-corrected chi connectivity index (χ2v) is 4.90. The number of benzene rings is 2. The molecule has 0 aliphatic heterocycles. The molecule has 2 N–H and O–H groups in total. The standard InChI is InChI=1S/C16H14ClN3O2/c1-21-12-5-2-10(3-6-12)16-20-13-8-11(19-15(18)9-17)4-7-14(13)22-16/h2-8H,9H2,1H3,(H2,18,19). The van der Waals surface area contributed by atoms with Crippen molar-refractivity contribution in [2.45, 2.75) is 0 Å². The summed E-state index contributed by atoms with van der Waals surface area (Å²) in [6, 6.07) is 13.0. The van der Waals surface area contributed by atoms with E-state index >= 15 is 0 Å². The van der Waals surface area contributed by atoms with E-state index in [1.54, 1.807) is 7.11 Å². The summed E-state index contributed by atoms with van der Waals surface area (Å²) in [7, 11) is 1.63. The van der Waals surface area contributed by atoms with E-state index in [0.29, 0.717) is 23.0 Å². The number of halogens is 1. The first kappa shape index (κ1) is 14.4. The lowest BCUT2D eigenvalue weighted by Crippen LogP contribution is -2.12. The number of rotatable bonds is 4. The van der Waals surface area contributed by atoms with Gasteiger partial charge in [0.15, 0.2) is 5.58 Å². The third kappa shape index (κ3) is 2.89. The van der Waals surface area contributed by atoms with Crippen LogP contribution in [0.5, 0.6) is 5.75 Å². The summed E-state index contributed by atoms with van der Waals surface area (Å²) in [5.74, 6) is 1.88. The molecule has 0 saturated heterocycles. The van der Waals surface area contributed by atoms with Crippen molar-refractivity contribution in [1.82, 2.24) is 4.98 Å². The summed E-state index contributed by atoms with van der Waals surface area (Å²) in [5.41, 5.74) is 8.61. The number of nitrogens with zero attached hydrogens (tertiary/aromatic N) is 2. The molecule has 3 aromatic rings. The molecule has 0 atom stereocenters. The van der Waals surface area contributed by atoms with E-state index in [0.717, 1.165) is 16.8 Å². The van der Waals surface area contributed by atoms with Crippen LogP contribution in [0.3, 0.4) is 0 Å². The SMILES string of the molecule is COc1ccc(-c2nc3cc(N=C(N)CCl)ccc3o2)cc1. The fourth-order valence-electron chi connectivity index (χ4n) is 2.04. The molecule has 1 heterocycles. The lowest BCUT2D eigenvalue weighted by molar-refractivity contribution is 0.415. The molecule has 5 nitrogen and oxygen atoms in total. The normalized spacial score (nSPS) is 11.8. The number of hydrogen-bond donors (Lipinski definition) is 1. The van der Waals surface area contributed by atoms with Crippen molar-refractivity contribution < 1.29 is 9.15 Å². The molecule has 0 radical (unpaired) electrons. The Bertz CT molecular complexity index is 825. The van der Waals surface area contributed by atoms with Crippen LogP contribution in [0.1, 0.15) is 0 Å². The fourth-order valence-corrected chi connectivity index (χ4v) is 2.10. The number of methoxy groups -OCH3 is 1. The molecule has 112 valence electrons. The van der Waals surface area contributed by atoms with Crippen LogP contribution >= 0.6 is 11.6 Å². The van der Waals surface area contributed by atoms with Crippen LogP contribution in [0.2, 0.25) is 0 Å². The lowest BCUT2D eigenvalue weighted by atomic mass is 10.2. The fraction of sp³-hybridized carbons (Fsp3) is 0.125. The van der Waals surface area contributed by atoms with Crippen LogP contribution in [0.4, 0.5) is 5.69 Å². The summed E-state index contributed by atoms with van der Waals surface area (Å²) < 4.78 is 10.9. The zero-order chi connectivity index (χ0) is 15.5. The topological polar surface area (TPSA) is 73.6 Å². The Kier molecular flexibility index (Phi) is 3.98. The third-order valence-electron chi connectivity index (χ3n) is 3.12. The van der Waals surface area contributed by atoms with Gasteiger partial charge in [0.1, 0.15) is 17.1 Å². The smallest absolute Gasteiger partial charge is 0.227 e. The molecule has 0 fully saturated rings. The van der Waals surface area contributed by atoms with Gasteiger partial charge in [0.2, 0.25) is 5.89 Å². The molecule has 0 bridgehead atoms. The van der Waals surface area contributed by atoms with Crippen molar-refractivity contribution in [3.63, 3.8) is 0 Å². The average Bonchev–Trinajstić information content (AvgIpc) is 2.98. The van der Waals surface area contributed by atoms with E-state index in [1.165, 1.54) is 0 Å². The zero-order valence-electron chi connectivity index (χ0n) is 11.9. The Morgan fingerprint density at radius 2 is 2.05 bits per heavy atom. The number of alkyl halides is 1. The minimum atomic E-state index is 0.188. The number of amidine groups is 1. The molecule has 22 heavy (non-hydrogen) atoms. The quantitative estimate of drug-likeness (QED) is 0.452. The molecule has 6 heteroatoms. The van der Waals surface area contributed by atoms with E-state index in [4.69, 9.17) is 26.5 Å². The second-order valence-electron chi connectivity index (χ2n) is 4.64. The Morgan fingerprint density at radius 1 is 1.27 bits per heavy atom. The zero-order valence-corrected chi connectivity index (χ0v) is 12.7. The number of aliphatic imine (C=N–C) groups is 1.